The number of nitrogens with zero attached hydrogens (tertiary/aromatic N) is 1. The molecule has 0 aliphatic carbocycles. The van der Waals surface area contributed by atoms with Crippen LogP contribution in [-0.2, 0) is 16.0 Å². The van der Waals surface area contributed by atoms with E-state index in [0.717, 1.165) is 5.56 Å². The lowest BCUT2D eigenvalue weighted by molar-refractivity contribution is -0.136. The van der Waals surface area contributed by atoms with Gasteiger partial charge >= 0.3 is 0 Å². The van der Waals surface area contributed by atoms with E-state index in [9.17, 15) is 9.59 Å². The first-order valence-corrected chi connectivity index (χ1v) is 7.06. The van der Waals surface area contributed by atoms with Gasteiger partial charge in [-0.3, -0.25) is 9.59 Å². The van der Waals surface area contributed by atoms with E-state index in [1.165, 1.54) is 0 Å². The number of methoxy groups -OCH3 is 2. The third-order valence-corrected chi connectivity index (χ3v) is 3.83. The topological polar surface area (TPSA) is 55.8 Å². The van der Waals surface area contributed by atoms with E-state index >= 15 is 0 Å². The molecule has 0 aromatic heterocycles. The Kier molecular flexibility index (Phi) is 4.83. The zero-order chi connectivity index (χ0) is 15.4. The monoisotopic (exact) mass is 291 g/mol. The second-order valence-corrected chi connectivity index (χ2v) is 5.32. The number of ether oxygens (including phenoxy) is 2. The van der Waals surface area contributed by atoms with Crippen molar-refractivity contribution in [3.63, 3.8) is 0 Å². The summed E-state index contributed by atoms with van der Waals surface area (Å²) in [6, 6.07) is 5.47. The van der Waals surface area contributed by atoms with Crippen molar-refractivity contribution >= 4 is 11.7 Å². The second kappa shape index (κ2) is 6.61. The van der Waals surface area contributed by atoms with Crippen LogP contribution in [0.15, 0.2) is 18.2 Å². The maximum Gasteiger partial charge on any atom is 0.227 e. The van der Waals surface area contributed by atoms with Gasteiger partial charge in [-0.2, -0.15) is 0 Å². The molecule has 0 radical (unpaired) electrons. The molecule has 1 aromatic rings. The molecule has 0 bridgehead atoms. The number of rotatable bonds is 4. The summed E-state index contributed by atoms with van der Waals surface area (Å²) >= 11 is 0. The Morgan fingerprint density at radius 2 is 2.00 bits per heavy atom. The number of likely N-dealkylation sites (tertiary alicyclic amines) is 1. The highest BCUT2D eigenvalue weighted by atomic mass is 16.5. The number of piperidine rings is 1. The molecule has 5 heteroatoms. The van der Waals surface area contributed by atoms with Crippen LogP contribution >= 0.6 is 0 Å². The fraction of sp³-hybridized carbons (Fsp3) is 0.500. The van der Waals surface area contributed by atoms with Crippen molar-refractivity contribution < 1.29 is 19.1 Å². The number of carbonyl (C=O) groups is 2. The van der Waals surface area contributed by atoms with Crippen LogP contribution in [0, 0.1) is 5.92 Å². The average molecular weight is 291 g/mol. The lowest BCUT2D eigenvalue weighted by atomic mass is 9.98. The molecule has 1 fully saturated rings. The Labute approximate surface area is 124 Å². The Hall–Kier alpha value is -2.04. The van der Waals surface area contributed by atoms with Crippen LogP contribution < -0.4 is 9.47 Å². The van der Waals surface area contributed by atoms with E-state index in [4.69, 9.17) is 9.47 Å². The summed E-state index contributed by atoms with van der Waals surface area (Å²) in [5, 5.41) is 0. The van der Waals surface area contributed by atoms with Gasteiger partial charge in [-0.05, 0) is 17.7 Å². The summed E-state index contributed by atoms with van der Waals surface area (Å²) in [5.74, 6) is 1.48. The quantitative estimate of drug-likeness (QED) is 0.847. The Balaban J connectivity index is 2.04. The van der Waals surface area contributed by atoms with E-state index in [1.54, 1.807) is 25.2 Å². The summed E-state index contributed by atoms with van der Waals surface area (Å²) in [4.78, 5) is 25.6. The highest BCUT2D eigenvalue weighted by Crippen LogP contribution is 2.28. The number of carbonyl (C=O) groups excluding carboxylic acids is 2. The molecule has 114 valence electrons. The molecule has 1 amide bonds. The highest BCUT2D eigenvalue weighted by molar-refractivity contribution is 5.85. The largest absolute Gasteiger partial charge is 0.493 e. The van der Waals surface area contributed by atoms with Gasteiger partial charge in [-0.1, -0.05) is 13.0 Å². The number of ketones is 1. The molecule has 21 heavy (non-hydrogen) atoms. The van der Waals surface area contributed by atoms with Crippen molar-refractivity contribution in [2.45, 2.75) is 19.8 Å². The van der Waals surface area contributed by atoms with Crippen LogP contribution in [0.5, 0.6) is 11.5 Å². The first-order chi connectivity index (χ1) is 10.0. The second-order valence-electron chi connectivity index (χ2n) is 5.32. The first-order valence-electron chi connectivity index (χ1n) is 7.06. The Bertz CT molecular complexity index is 541. The number of Topliss-reactive ketones (excluding diaryl/α,β-unsaturated/α-hetero) is 1. The molecule has 1 heterocycles. The van der Waals surface area contributed by atoms with Crippen molar-refractivity contribution in [1.29, 1.82) is 0 Å². The van der Waals surface area contributed by atoms with Gasteiger partial charge in [0.1, 0.15) is 5.78 Å². The molecule has 1 aliphatic rings. The van der Waals surface area contributed by atoms with Gasteiger partial charge in [0, 0.05) is 25.4 Å². The predicted octanol–water partition coefficient (Wildman–Crippen LogP) is 1.68. The molecule has 1 saturated heterocycles. The summed E-state index contributed by atoms with van der Waals surface area (Å²) in [7, 11) is 3.15. The van der Waals surface area contributed by atoms with Crippen LogP contribution in [0.25, 0.3) is 0 Å². The van der Waals surface area contributed by atoms with E-state index < -0.39 is 0 Å². The smallest absolute Gasteiger partial charge is 0.227 e. The van der Waals surface area contributed by atoms with Crippen molar-refractivity contribution in [2.24, 2.45) is 5.92 Å². The number of benzene rings is 1. The average Bonchev–Trinajstić information content (AvgIpc) is 2.49. The fourth-order valence-corrected chi connectivity index (χ4v) is 2.52. The molecule has 0 N–H and O–H groups in total. The molecule has 5 nitrogen and oxygen atoms in total. The number of amides is 1. The lowest BCUT2D eigenvalue weighted by Gasteiger charge is -2.30. The Morgan fingerprint density at radius 1 is 1.29 bits per heavy atom. The van der Waals surface area contributed by atoms with Gasteiger partial charge in [-0.25, -0.2) is 0 Å². The van der Waals surface area contributed by atoms with Gasteiger partial charge in [-0.15, -0.1) is 0 Å². The summed E-state index contributed by atoms with van der Waals surface area (Å²) in [6.45, 7) is 2.92. The predicted molar refractivity (Wildman–Crippen MR) is 78.6 cm³/mol. The van der Waals surface area contributed by atoms with E-state index in [2.05, 4.69) is 0 Å². The van der Waals surface area contributed by atoms with Crippen molar-refractivity contribution in [3.8, 4) is 11.5 Å². The molecule has 1 aliphatic heterocycles. The first kappa shape index (κ1) is 15.4. The minimum Gasteiger partial charge on any atom is -0.493 e. The normalized spacial score (nSPS) is 18.5. The van der Waals surface area contributed by atoms with E-state index in [1.807, 2.05) is 19.1 Å². The molecule has 1 aromatic carbocycles. The summed E-state index contributed by atoms with van der Waals surface area (Å²) < 4.78 is 10.4. The summed E-state index contributed by atoms with van der Waals surface area (Å²) in [6.07, 6.45) is 0.764. The lowest BCUT2D eigenvalue weighted by Crippen LogP contribution is -2.43. The van der Waals surface area contributed by atoms with Gasteiger partial charge in [0.2, 0.25) is 5.91 Å². The van der Waals surface area contributed by atoms with Gasteiger partial charge in [0.05, 0.1) is 20.6 Å². The zero-order valence-corrected chi connectivity index (χ0v) is 12.7. The van der Waals surface area contributed by atoms with Crippen LogP contribution in [0.2, 0.25) is 0 Å². The minimum absolute atomic E-state index is 0.0431. The van der Waals surface area contributed by atoms with Crippen LogP contribution in [0.3, 0.4) is 0 Å². The van der Waals surface area contributed by atoms with Crippen LogP contribution in [0.4, 0.5) is 0 Å². The highest BCUT2D eigenvalue weighted by Gasteiger charge is 2.26. The maximum atomic E-state index is 12.3. The van der Waals surface area contributed by atoms with Crippen molar-refractivity contribution in [3.05, 3.63) is 23.8 Å². The third kappa shape index (κ3) is 3.54. The molecule has 1 unspecified atom stereocenters. The van der Waals surface area contributed by atoms with Gasteiger partial charge in [0.25, 0.3) is 0 Å². The molecule has 0 saturated carbocycles. The zero-order valence-electron chi connectivity index (χ0n) is 12.7. The minimum atomic E-state index is -0.0619. The molecular weight excluding hydrogens is 270 g/mol. The van der Waals surface area contributed by atoms with Crippen molar-refractivity contribution in [2.75, 3.05) is 27.3 Å². The van der Waals surface area contributed by atoms with Gasteiger partial charge in [0.15, 0.2) is 11.5 Å². The Morgan fingerprint density at radius 3 is 2.62 bits per heavy atom. The molecule has 2 rings (SSSR count). The maximum absolute atomic E-state index is 12.3. The number of hydrogen-bond donors (Lipinski definition) is 0. The molecular formula is C16H21NO4. The van der Waals surface area contributed by atoms with Gasteiger partial charge < -0.3 is 14.4 Å². The van der Waals surface area contributed by atoms with E-state index in [0.29, 0.717) is 37.4 Å². The third-order valence-electron chi connectivity index (χ3n) is 3.83. The number of hydrogen-bond acceptors (Lipinski definition) is 4. The SMILES string of the molecule is COc1ccc(CC(=O)N2CCC(=O)C(C)C2)cc1OC. The van der Waals surface area contributed by atoms with Crippen LogP contribution in [-0.4, -0.2) is 43.9 Å². The standard InChI is InChI=1S/C16H21NO4/c1-11-10-17(7-6-13(11)18)16(19)9-12-4-5-14(20-2)15(8-12)21-3/h4-5,8,11H,6-7,9-10H2,1-3H3. The van der Waals surface area contributed by atoms with Crippen molar-refractivity contribution in [1.82, 2.24) is 4.90 Å². The van der Waals surface area contributed by atoms with Crippen LogP contribution in [0.1, 0.15) is 18.9 Å². The summed E-state index contributed by atoms with van der Waals surface area (Å²) in [5.41, 5.74) is 0.877. The fourth-order valence-electron chi connectivity index (χ4n) is 2.52. The molecule has 0 spiro atoms. The molecule has 1 atom stereocenters. The van der Waals surface area contributed by atoms with E-state index in [-0.39, 0.29) is 17.6 Å².